The molecule has 15 rings (SSSR count). The van der Waals surface area contributed by atoms with Gasteiger partial charge in [0.05, 0.1) is 44.6 Å². The molecule has 0 amide bonds. The number of para-hydroxylation sites is 8. The molecule has 0 unspecified atom stereocenters. The molecule has 0 aliphatic carbocycles. The Balaban J connectivity index is 1.19. The van der Waals surface area contributed by atoms with Crippen LogP contribution in [0.25, 0.3) is 143 Å². The first-order valence-electron chi connectivity index (χ1n) is 24.7. The fourth-order valence-corrected chi connectivity index (χ4v) is 12.0. The van der Waals surface area contributed by atoms with E-state index in [1.807, 2.05) is 109 Å². The van der Waals surface area contributed by atoms with E-state index in [-0.39, 0.29) is 0 Å². The molecule has 15 aromatic rings. The van der Waals surface area contributed by atoms with Gasteiger partial charge in [0.15, 0.2) is 0 Å². The van der Waals surface area contributed by atoms with Crippen LogP contribution in [0.15, 0.2) is 239 Å². The number of nitrogens with zero attached hydrogens (tertiary/aromatic N) is 4. The van der Waals surface area contributed by atoms with Crippen LogP contribution in [0.2, 0.25) is 0 Å². The maximum atomic E-state index is 12.5. The first-order valence-corrected chi connectivity index (χ1v) is 24.7. The summed E-state index contributed by atoms with van der Waals surface area (Å²) in [6.45, 7) is 0. The summed E-state index contributed by atoms with van der Waals surface area (Å²) >= 11 is 0. The van der Waals surface area contributed by atoms with Crippen LogP contribution in [-0.4, -0.2) is 9.13 Å². The van der Waals surface area contributed by atoms with E-state index in [0.29, 0.717) is 55.9 Å². The van der Waals surface area contributed by atoms with E-state index in [4.69, 9.17) is 8.83 Å². The number of rotatable bonds is 6. The second kappa shape index (κ2) is 16.1. The fraction of sp³-hybridized carbons (Fsp3) is 0. The van der Waals surface area contributed by atoms with Crippen molar-refractivity contribution >= 4 is 87.5 Å². The predicted octanol–water partition coefficient (Wildman–Crippen LogP) is 18.1. The summed E-state index contributed by atoms with van der Waals surface area (Å²) in [5.74, 6) is 0. The number of hydrogen-bond donors (Lipinski definition) is 0. The molecular weight excluding hydrogens is 905 g/mol. The van der Waals surface area contributed by atoms with Gasteiger partial charge < -0.3 is 18.0 Å². The number of fused-ring (bicyclic) bond motifs is 12. The van der Waals surface area contributed by atoms with Crippen molar-refractivity contribution in [3.63, 3.8) is 0 Å². The third-order valence-electron chi connectivity index (χ3n) is 15.0. The molecule has 6 heteroatoms. The van der Waals surface area contributed by atoms with Crippen molar-refractivity contribution in [1.82, 2.24) is 9.13 Å². The van der Waals surface area contributed by atoms with Gasteiger partial charge in [0.25, 0.3) is 0 Å². The van der Waals surface area contributed by atoms with E-state index in [0.717, 1.165) is 98.6 Å². The Hall–Kier alpha value is -10.4. The molecule has 0 N–H and O–H groups in total. The van der Waals surface area contributed by atoms with Crippen molar-refractivity contribution in [3.05, 3.63) is 242 Å². The maximum absolute atomic E-state index is 12.5. The van der Waals surface area contributed by atoms with Crippen LogP contribution < -0.4 is 0 Å². The van der Waals surface area contributed by atoms with Crippen LogP contribution >= 0.6 is 0 Å². The number of benzene rings is 11. The zero-order chi connectivity index (χ0) is 49.0. The lowest BCUT2D eigenvalue weighted by Crippen LogP contribution is -2.11. The van der Waals surface area contributed by atoms with Gasteiger partial charge in [0.1, 0.15) is 34.5 Å². The highest BCUT2D eigenvalue weighted by molar-refractivity contribution is 6.19. The van der Waals surface area contributed by atoms with Crippen molar-refractivity contribution in [1.29, 1.82) is 10.5 Å². The minimum atomic E-state index is 0.372. The summed E-state index contributed by atoms with van der Waals surface area (Å²) in [6.07, 6.45) is 0. The Bertz CT molecular complexity index is 4500. The maximum Gasteiger partial charge on any atom is 0.143 e. The first kappa shape index (κ1) is 41.4. The molecule has 0 saturated carbocycles. The minimum Gasteiger partial charge on any atom is -0.455 e. The summed E-state index contributed by atoms with van der Waals surface area (Å²) in [5, 5.41) is 32.7. The van der Waals surface area contributed by atoms with Crippen molar-refractivity contribution in [2.75, 3.05) is 0 Å². The van der Waals surface area contributed by atoms with Gasteiger partial charge in [-0.1, -0.05) is 206 Å². The molecule has 0 atom stereocenters. The number of hydrogen-bond acceptors (Lipinski definition) is 4. The van der Waals surface area contributed by atoms with Gasteiger partial charge in [-0.2, -0.15) is 10.5 Å². The molecule has 0 bridgehead atoms. The van der Waals surface area contributed by atoms with Gasteiger partial charge in [-0.15, -0.1) is 0 Å². The zero-order valence-electron chi connectivity index (χ0n) is 39.5. The van der Waals surface area contributed by atoms with Crippen LogP contribution in [0, 0.1) is 22.7 Å². The third-order valence-corrected chi connectivity index (χ3v) is 15.0. The second-order valence-electron chi connectivity index (χ2n) is 18.8. The first-order chi connectivity index (χ1) is 36.7. The van der Waals surface area contributed by atoms with Crippen molar-refractivity contribution in [2.45, 2.75) is 0 Å². The van der Waals surface area contributed by atoms with Gasteiger partial charge in [0, 0.05) is 76.5 Å². The van der Waals surface area contributed by atoms with E-state index in [2.05, 4.69) is 143 Å². The van der Waals surface area contributed by atoms with Gasteiger partial charge in [-0.3, -0.25) is 0 Å². The minimum absolute atomic E-state index is 0.372. The zero-order valence-corrected chi connectivity index (χ0v) is 39.5. The van der Waals surface area contributed by atoms with E-state index in [1.54, 1.807) is 0 Å². The fourth-order valence-electron chi connectivity index (χ4n) is 12.0. The molecule has 74 heavy (non-hydrogen) atoms. The second-order valence-corrected chi connectivity index (χ2v) is 18.8. The van der Waals surface area contributed by atoms with Crippen molar-refractivity contribution < 1.29 is 8.83 Å². The molecule has 0 saturated heterocycles. The molecular formula is C68H38N4O2. The van der Waals surface area contributed by atoms with Gasteiger partial charge in [-0.05, 0) is 35.4 Å². The van der Waals surface area contributed by atoms with E-state index < -0.39 is 0 Å². The molecule has 0 radical (unpaired) electrons. The SMILES string of the molecule is N#Cc1c(-c2cccc3c2oc2c(-c4ccccc4)cccc23)c(-n2c3ccccc3c3ccccc32)c(C#N)c(-c2cccc3c2oc2c(-c4ccccc4)cccc23)c1-n1c2ccccc2c2ccccc21. The molecule has 0 aliphatic heterocycles. The lowest BCUT2D eigenvalue weighted by molar-refractivity contribution is 0.670. The summed E-state index contributed by atoms with van der Waals surface area (Å²) in [5.41, 5.74) is 14.6. The standard InChI is InChI=1S/C68H38N4O2/c69-39-55-61(53-33-17-31-51-49-29-15-27-43(65(49)73-67(51)53)41-19-3-1-4-20-41)63(71-57-35-11-7-23-45(57)46-24-8-12-36-58(46)71)56(40-70)62(64(55)72-59-37-13-9-25-47(59)48-26-10-14-38-60(48)72)54-34-18-32-52-50-30-16-28-44(66(50)74-68(52)54)42-21-5-2-6-22-42/h1-38H. The van der Waals surface area contributed by atoms with E-state index >= 15 is 0 Å². The molecule has 6 nitrogen and oxygen atoms in total. The summed E-state index contributed by atoms with van der Waals surface area (Å²) < 4.78 is 18.9. The predicted molar refractivity (Wildman–Crippen MR) is 301 cm³/mol. The Morgan fingerprint density at radius 1 is 0.270 bits per heavy atom. The topological polar surface area (TPSA) is 83.7 Å². The molecule has 0 fully saturated rings. The molecule has 342 valence electrons. The summed E-state index contributed by atoms with van der Waals surface area (Å²) in [4.78, 5) is 0. The van der Waals surface area contributed by atoms with E-state index in [9.17, 15) is 10.5 Å². The third kappa shape index (κ3) is 5.79. The smallest absolute Gasteiger partial charge is 0.143 e. The van der Waals surface area contributed by atoms with Crippen molar-refractivity contribution in [2.24, 2.45) is 0 Å². The van der Waals surface area contributed by atoms with Crippen LogP contribution in [0.1, 0.15) is 11.1 Å². The average Bonchev–Trinajstić information content (AvgIpc) is 4.26. The van der Waals surface area contributed by atoms with Crippen LogP contribution in [0.5, 0.6) is 0 Å². The quantitative estimate of drug-likeness (QED) is 0.166. The highest BCUT2D eigenvalue weighted by atomic mass is 16.3. The van der Waals surface area contributed by atoms with Crippen LogP contribution in [0.3, 0.4) is 0 Å². The largest absolute Gasteiger partial charge is 0.455 e. The monoisotopic (exact) mass is 942 g/mol. The van der Waals surface area contributed by atoms with Crippen molar-refractivity contribution in [3.8, 4) is 68.0 Å². The van der Waals surface area contributed by atoms with E-state index in [1.165, 1.54) is 0 Å². The Morgan fingerprint density at radius 2 is 0.541 bits per heavy atom. The lowest BCUT2D eigenvalue weighted by atomic mass is 9.85. The molecule has 0 spiro atoms. The van der Waals surface area contributed by atoms with Gasteiger partial charge in [-0.25, -0.2) is 0 Å². The van der Waals surface area contributed by atoms with Crippen LogP contribution in [0.4, 0.5) is 0 Å². The Kier molecular flexibility index (Phi) is 8.99. The average molecular weight is 943 g/mol. The number of aromatic nitrogens is 2. The Labute approximate surface area is 423 Å². The Morgan fingerprint density at radius 3 is 0.865 bits per heavy atom. The molecule has 4 heterocycles. The van der Waals surface area contributed by atoms with Crippen LogP contribution in [-0.2, 0) is 0 Å². The normalized spacial score (nSPS) is 11.8. The number of nitriles is 2. The number of furan rings is 2. The summed E-state index contributed by atoms with van der Waals surface area (Å²) in [7, 11) is 0. The van der Waals surface area contributed by atoms with Gasteiger partial charge in [0.2, 0.25) is 0 Å². The lowest BCUT2D eigenvalue weighted by Gasteiger charge is -2.25. The molecule has 4 aromatic heterocycles. The highest BCUT2D eigenvalue weighted by Crippen LogP contribution is 2.52. The molecule has 11 aromatic carbocycles. The van der Waals surface area contributed by atoms with Gasteiger partial charge >= 0.3 is 0 Å². The molecule has 0 aliphatic rings. The highest BCUT2D eigenvalue weighted by Gasteiger charge is 2.34. The summed E-state index contributed by atoms with van der Waals surface area (Å²) in [6, 6.07) is 84.4.